The van der Waals surface area contributed by atoms with Crippen molar-refractivity contribution in [2.45, 2.75) is 209 Å². The van der Waals surface area contributed by atoms with Crippen LogP contribution in [-0.2, 0) is 38.4 Å². The van der Waals surface area contributed by atoms with Gasteiger partial charge in [-0.15, -0.1) is 0 Å². The molecule has 0 spiro atoms. The van der Waals surface area contributed by atoms with Gasteiger partial charge in [-0.05, 0) is 203 Å². The first kappa shape index (κ1) is 96.6. The maximum Gasteiger partial charge on any atom is 0.185 e. The minimum Gasteiger partial charge on any atom is -0.490 e. The largest absolute Gasteiger partial charge is 0.490 e. The lowest BCUT2D eigenvalue weighted by Crippen LogP contribution is -2.04. The van der Waals surface area contributed by atoms with Crippen molar-refractivity contribution in [1.82, 2.24) is 39.9 Å². The molecule has 0 saturated heterocycles. The van der Waals surface area contributed by atoms with Crippen LogP contribution in [0.4, 0.5) is 0 Å². The van der Waals surface area contributed by atoms with Crippen LogP contribution in [0.25, 0.3) is 89.7 Å². The lowest BCUT2D eigenvalue weighted by Gasteiger charge is -2.15. The van der Waals surface area contributed by atoms with Crippen LogP contribution >= 0.6 is 94.1 Å². The molecule has 5 heterocycles. The molecule has 0 unspecified atom stereocenters. The van der Waals surface area contributed by atoms with Gasteiger partial charge in [-0.25, -0.2) is 29.9 Å². The molecule has 2 aliphatic rings. The highest BCUT2D eigenvalue weighted by atomic mass is 32.2. The van der Waals surface area contributed by atoms with Crippen LogP contribution in [0.3, 0.4) is 0 Å². The summed E-state index contributed by atoms with van der Waals surface area (Å²) in [5, 5.41) is 3.09. The van der Waals surface area contributed by atoms with Crippen molar-refractivity contribution in [3.05, 3.63) is 48.5 Å². The molecule has 0 radical (unpaired) electrons. The van der Waals surface area contributed by atoms with E-state index in [1.54, 1.807) is 55.4 Å². The lowest BCUT2D eigenvalue weighted by atomic mass is 10.1. The van der Waals surface area contributed by atoms with Gasteiger partial charge < -0.3 is 47.9 Å². The van der Waals surface area contributed by atoms with E-state index in [0.29, 0.717) is 263 Å². The van der Waals surface area contributed by atoms with Crippen LogP contribution < -0.4 is 37.9 Å². The Morgan fingerprint density at radius 2 is 0.367 bits per heavy atom. The van der Waals surface area contributed by atoms with E-state index in [-0.39, 0.29) is 64.2 Å². The number of H-pyrrole nitrogens is 2. The average Bonchev–Trinajstić information content (AvgIpc) is 1.59. The average molecular weight is 1800 g/mol. The van der Waals surface area contributed by atoms with Crippen molar-refractivity contribution < 1.29 is 76.3 Å². The van der Waals surface area contributed by atoms with Crippen molar-refractivity contribution in [2.24, 2.45) is 0 Å². The second kappa shape index (κ2) is 53.1. The van der Waals surface area contributed by atoms with Crippen molar-refractivity contribution >= 4 is 179 Å². The SMILES string of the molecule is CC(=O)SCCCCCOc1cc2c(cc1OCCCCCSC(C)=O)-c1nc-2nc2[nH]c(nc3nc(nc4[nH]c(n1)c1cc(OCCCCCSC(C)=O)c(OCCCCCSC(C)=O)cc41)-c1cc(OCCCCCSC(C)=O)c(OCCCCCSC(C)=O)cc1-3)c1cc(OCCCCCSC(C)=O)c(OCCCCCSC(C)=O)cc21. The predicted octanol–water partition coefficient (Wildman–Crippen LogP) is 21.5. The molecule has 0 saturated carbocycles. The maximum absolute atomic E-state index is 11.9. The monoisotopic (exact) mass is 1790 g/mol. The van der Waals surface area contributed by atoms with Gasteiger partial charge in [-0.3, -0.25) is 38.4 Å². The van der Waals surface area contributed by atoms with Crippen LogP contribution in [0.2, 0.25) is 0 Å². The maximum atomic E-state index is 11.9. The lowest BCUT2D eigenvalue weighted by molar-refractivity contribution is -0.109. The number of carbonyl (C=O) groups excluding carboxylic acids is 8. The smallest absolute Gasteiger partial charge is 0.185 e. The summed E-state index contributed by atoms with van der Waals surface area (Å²) in [4.78, 5) is 135. The van der Waals surface area contributed by atoms with E-state index in [4.69, 9.17) is 67.8 Å². The summed E-state index contributed by atoms with van der Waals surface area (Å²) >= 11 is 10.5. The molecule has 2 aliphatic heterocycles. The van der Waals surface area contributed by atoms with Crippen molar-refractivity contribution in [2.75, 3.05) is 98.9 Å². The molecule has 32 heteroatoms. The molecule has 0 aliphatic carbocycles. The molecular weight excluding hydrogens is 1680 g/mol. The van der Waals surface area contributed by atoms with Gasteiger partial charge in [-0.1, -0.05) is 94.1 Å². The summed E-state index contributed by atoms with van der Waals surface area (Å²) in [5.74, 6) is 10.6. The molecule has 650 valence electrons. The van der Waals surface area contributed by atoms with Gasteiger partial charge in [0.25, 0.3) is 0 Å². The van der Waals surface area contributed by atoms with Gasteiger partial charge in [0, 0.05) is 145 Å². The van der Waals surface area contributed by atoms with E-state index in [2.05, 4.69) is 9.97 Å². The first-order chi connectivity index (χ1) is 58.2. The molecule has 3 aromatic heterocycles. The van der Waals surface area contributed by atoms with Crippen LogP contribution in [0, 0.1) is 0 Å². The third-order valence-corrected chi connectivity index (χ3v) is 26.1. The summed E-state index contributed by atoms with van der Waals surface area (Å²) in [6.45, 7) is 15.4. The number of unbranched alkanes of at least 4 members (excludes halogenated alkanes) is 16. The van der Waals surface area contributed by atoms with E-state index < -0.39 is 0 Å². The molecule has 0 fully saturated rings. The second-order valence-corrected chi connectivity index (χ2v) is 39.2. The van der Waals surface area contributed by atoms with Gasteiger partial charge in [0.1, 0.15) is 22.6 Å². The zero-order valence-electron chi connectivity index (χ0n) is 70.4. The van der Waals surface area contributed by atoms with Crippen molar-refractivity contribution in [1.29, 1.82) is 0 Å². The fourth-order valence-electron chi connectivity index (χ4n) is 12.9. The highest BCUT2D eigenvalue weighted by Gasteiger charge is 2.29. The molecule has 0 atom stereocenters. The molecule has 2 N–H and O–H groups in total. The number of hydrogen-bond acceptors (Lipinski definition) is 30. The standard InChI is InChI=1S/C88H114N8O16S8/c1-57(97)113-41-25-9-17-33-105-73-49-65-66(50-74(73)106-34-18-10-26-42-114-58(2)98)82-89-81(65)93-83-67-51-75(107-35-19-11-27-43-115-59(3)99)76(108-36-20-12-28-44-116-60(4)100)52-68(67)85(90-83)95-87-71-55-79(111-39-23-15-31-47-119-63(7)103)80(112-40-24-16-32-48-120-64(8)104)56-72(71)88(92-87)96-86-70-54-78(110-38-22-14-30-46-118-62(6)102)77(53-69(70)84(91-86)94-82)109-37-21-13-29-45-117-61(5)101/h49-56H,9-48H2,1-8H3,(H2,89,90,91,92,93,94,95,96). The Morgan fingerprint density at radius 1 is 0.217 bits per heavy atom. The number of fused-ring (bicyclic) bond motifs is 20. The van der Waals surface area contributed by atoms with E-state index in [0.717, 1.165) is 103 Å². The number of carbonyl (C=O) groups is 8. The topological polar surface area (TPSA) is 319 Å². The van der Waals surface area contributed by atoms with Gasteiger partial charge in [0.15, 0.2) is 110 Å². The highest BCUT2D eigenvalue weighted by Crippen LogP contribution is 2.47. The number of thioether (sulfide) groups is 8. The molecule has 8 bridgehead atoms. The summed E-state index contributed by atoms with van der Waals surface area (Å²) < 4.78 is 54.1. The molecular formula is C88H114N8O16S8. The van der Waals surface area contributed by atoms with E-state index in [9.17, 15) is 38.4 Å². The van der Waals surface area contributed by atoms with Gasteiger partial charge in [0.05, 0.1) is 52.9 Å². The third-order valence-electron chi connectivity index (χ3n) is 18.9. The van der Waals surface area contributed by atoms with Gasteiger partial charge in [-0.2, -0.15) is 0 Å². The Morgan fingerprint density at radius 3 is 0.517 bits per heavy atom. The number of rotatable bonds is 56. The second-order valence-electron chi connectivity index (χ2n) is 29.0. The zero-order chi connectivity index (χ0) is 85.4. The summed E-state index contributed by atoms with van der Waals surface area (Å²) in [6, 6.07) is 15.4. The number of hydrogen-bond donors (Lipinski definition) is 2. The number of aromatic nitrogens is 8. The Labute approximate surface area is 738 Å². The summed E-state index contributed by atoms with van der Waals surface area (Å²) in [6.07, 6.45) is 18.9. The Balaban J connectivity index is 1.31. The first-order valence-electron chi connectivity index (χ1n) is 41.8. The van der Waals surface area contributed by atoms with Gasteiger partial charge >= 0.3 is 0 Å². The molecule has 7 aromatic rings. The molecule has 4 aromatic carbocycles. The van der Waals surface area contributed by atoms with Crippen LogP contribution in [-0.4, -0.2) is 180 Å². The van der Waals surface area contributed by atoms with Gasteiger partial charge in [0.2, 0.25) is 0 Å². The van der Waals surface area contributed by atoms with Crippen LogP contribution in [0.15, 0.2) is 48.5 Å². The van der Waals surface area contributed by atoms with Crippen LogP contribution in [0.5, 0.6) is 46.0 Å². The normalized spacial score (nSPS) is 11.5. The predicted molar refractivity (Wildman–Crippen MR) is 496 cm³/mol. The van der Waals surface area contributed by atoms with E-state index in [1.807, 2.05) is 48.5 Å². The summed E-state index contributed by atoms with van der Waals surface area (Å²) in [7, 11) is 0. The van der Waals surface area contributed by atoms with Crippen molar-refractivity contribution in [3.8, 4) is 91.5 Å². The Bertz CT molecular complexity index is 4220. The third kappa shape index (κ3) is 33.1. The molecule has 24 nitrogen and oxygen atoms in total. The van der Waals surface area contributed by atoms with Crippen molar-refractivity contribution in [3.63, 3.8) is 0 Å². The number of benzene rings is 4. The number of aromatic amines is 2. The number of nitrogens with zero attached hydrogens (tertiary/aromatic N) is 6. The van der Waals surface area contributed by atoms with Crippen LogP contribution in [0.1, 0.15) is 209 Å². The number of nitrogens with one attached hydrogen (secondary N) is 2. The zero-order valence-corrected chi connectivity index (χ0v) is 76.9. The fraction of sp³-hybridized carbons (Fsp3) is 0.545. The molecule has 0 amide bonds. The van der Waals surface area contributed by atoms with E-state index in [1.165, 1.54) is 94.1 Å². The first-order valence-corrected chi connectivity index (χ1v) is 49.7. The Hall–Kier alpha value is -7.20. The minimum absolute atomic E-state index is 0.0791. The quantitative estimate of drug-likeness (QED) is 0.0334. The Kier molecular flexibility index (Phi) is 42.7. The fourth-order valence-corrected chi connectivity index (χ4v) is 18.0. The number of ether oxygens (including phenoxy) is 8. The highest BCUT2D eigenvalue weighted by molar-refractivity contribution is 8.15. The summed E-state index contributed by atoms with van der Waals surface area (Å²) in [5.41, 5.74) is 3.82. The molecule has 120 heavy (non-hydrogen) atoms. The minimum atomic E-state index is 0.0791. The molecule has 9 rings (SSSR count). The van der Waals surface area contributed by atoms with E-state index >= 15 is 0 Å².